The van der Waals surface area contributed by atoms with Crippen molar-refractivity contribution in [1.29, 1.82) is 0 Å². The number of nitrogens with zero attached hydrogens (tertiary/aromatic N) is 5. The Morgan fingerprint density at radius 1 is 0.812 bits per heavy atom. The van der Waals surface area contributed by atoms with Gasteiger partial charge in [0.2, 0.25) is 0 Å². The molecule has 0 radical (unpaired) electrons. The van der Waals surface area contributed by atoms with Crippen LogP contribution in [0.3, 0.4) is 0 Å². The highest BCUT2D eigenvalue weighted by Crippen LogP contribution is 2.55. The maximum Gasteiger partial charge on any atom is 0.197 e. The molecular weight excluding hydrogens is 408 g/mol. The van der Waals surface area contributed by atoms with E-state index < -0.39 is 11.6 Å². The van der Waals surface area contributed by atoms with E-state index in [1.165, 1.54) is 38.2 Å². The summed E-state index contributed by atoms with van der Waals surface area (Å²) in [5.74, 6) is -0.110. The van der Waals surface area contributed by atoms with E-state index in [9.17, 15) is 8.78 Å². The monoisotopic (exact) mass is 433 g/mol. The highest BCUT2D eigenvalue weighted by molar-refractivity contribution is 5.55. The van der Waals surface area contributed by atoms with Crippen LogP contribution in [0, 0.1) is 17.0 Å². The lowest BCUT2D eigenvalue weighted by atomic mass is 9.68. The molecule has 1 spiro atoms. The van der Waals surface area contributed by atoms with E-state index in [-0.39, 0.29) is 11.8 Å². The van der Waals surface area contributed by atoms with E-state index in [2.05, 4.69) is 19.9 Å². The molecule has 7 heteroatoms. The van der Waals surface area contributed by atoms with Crippen molar-refractivity contribution in [3.8, 4) is 11.6 Å². The summed E-state index contributed by atoms with van der Waals surface area (Å²) < 4.78 is 29.2. The summed E-state index contributed by atoms with van der Waals surface area (Å²) in [5.41, 5.74) is 2.62. The van der Waals surface area contributed by atoms with Gasteiger partial charge in [-0.15, -0.1) is 0 Å². The molecule has 3 fully saturated rings. The predicted molar refractivity (Wildman–Crippen MR) is 117 cm³/mol. The van der Waals surface area contributed by atoms with Gasteiger partial charge in [-0.3, -0.25) is 0 Å². The molecule has 3 aliphatic rings. The van der Waals surface area contributed by atoms with Crippen LogP contribution in [-0.2, 0) is 0 Å². The average molecular weight is 434 g/mol. The van der Waals surface area contributed by atoms with Crippen LogP contribution in [0.4, 0.5) is 14.5 Å². The van der Waals surface area contributed by atoms with Crippen LogP contribution in [0.1, 0.15) is 61.5 Å². The largest absolute Gasteiger partial charge is 0.368 e. The molecule has 0 N–H and O–H groups in total. The van der Waals surface area contributed by atoms with Crippen molar-refractivity contribution >= 4 is 5.69 Å². The number of aromatic nitrogens is 4. The first kappa shape index (κ1) is 19.7. The Kier molecular flexibility index (Phi) is 4.66. The quantitative estimate of drug-likeness (QED) is 0.562. The second kappa shape index (κ2) is 7.57. The van der Waals surface area contributed by atoms with E-state index >= 15 is 0 Å². The van der Waals surface area contributed by atoms with Crippen molar-refractivity contribution in [2.75, 3.05) is 18.0 Å². The summed E-state index contributed by atoms with van der Waals surface area (Å²) in [6, 6.07) is 4.98. The Morgan fingerprint density at radius 2 is 1.47 bits per heavy atom. The standard InChI is InChI=1S/C25H25F2N5/c26-20-9-16(10-21(22(20)27)32-14-25(15-32)5-2-1-3-6-25)18-11-19(18)17-12-30-24(31-13-17)23-28-7-4-8-29-23/h4,7-10,12-13,18-19H,1-3,5-6,11,14-15H2. The highest BCUT2D eigenvalue weighted by atomic mass is 19.2. The molecule has 2 aliphatic carbocycles. The number of rotatable bonds is 4. The van der Waals surface area contributed by atoms with Gasteiger partial charge in [0.05, 0.1) is 5.69 Å². The van der Waals surface area contributed by atoms with Gasteiger partial charge in [0.1, 0.15) is 0 Å². The molecule has 0 amide bonds. The lowest BCUT2D eigenvalue weighted by Gasteiger charge is -2.53. The third-order valence-corrected chi connectivity index (χ3v) is 7.42. The van der Waals surface area contributed by atoms with Gasteiger partial charge in [-0.2, -0.15) is 0 Å². The third-order valence-electron chi connectivity index (χ3n) is 7.42. The fraction of sp³-hybridized carbons (Fsp3) is 0.440. The van der Waals surface area contributed by atoms with Gasteiger partial charge >= 0.3 is 0 Å². The molecule has 6 rings (SSSR count). The van der Waals surface area contributed by atoms with Gasteiger partial charge in [0.15, 0.2) is 23.3 Å². The van der Waals surface area contributed by atoms with Crippen LogP contribution >= 0.6 is 0 Å². The Bertz CT molecular complexity index is 1120. The van der Waals surface area contributed by atoms with Gasteiger partial charge in [-0.25, -0.2) is 28.7 Å². The van der Waals surface area contributed by atoms with Gasteiger partial charge < -0.3 is 4.90 Å². The van der Waals surface area contributed by atoms with Crippen molar-refractivity contribution in [3.05, 3.63) is 65.7 Å². The molecule has 32 heavy (non-hydrogen) atoms. The van der Waals surface area contributed by atoms with Gasteiger partial charge in [-0.05, 0) is 60.4 Å². The molecular formula is C25H25F2N5. The van der Waals surface area contributed by atoms with Crippen LogP contribution in [0.25, 0.3) is 11.6 Å². The predicted octanol–water partition coefficient (Wildman–Crippen LogP) is 5.25. The lowest BCUT2D eigenvalue weighted by Crippen LogP contribution is -2.57. The van der Waals surface area contributed by atoms with E-state index in [1.807, 2.05) is 11.0 Å². The summed E-state index contributed by atoms with van der Waals surface area (Å²) >= 11 is 0. The SMILES string of the molecule is Fc1cc(C2CC2c2cnc(-c3ncccn3)nc2)cc(N2CC3(CCCCC3)C2)c1F. The summed E-state index contributed by atoms with van der Waals surface area (Å²) in [7, 11) is 0. The number of halogens is 2. The zero-order valence-corrected chi connectivity index (χ0v) is 17.8. The number of hydrogen-bond acceptors (Lipinski definition) is 5. The van der Waals surface area contributed by atoms with Crippen LogP contribution in [0.15, 0.2) is 43.0 Å². The Labute approximate surface area is 186 Å². The molecule has 0 bridgehead atoms. The summed E-state index contributed by atoms with van der Waals surface area (Å²) in [5, 5.41) is 0. The number of anilines is 1. The topological polar surface area (TPSA) is 54.8 Å². The van der Waals surface area contributed by atoms with Crippen LogP contribution in [0.5, 0.6) is 0 Å². The Hall–Kier alpha value is -2.96. The smallest absolute Gasteiger partial charge is 0.197 e. The zero-order chi connectivity index (χ0) is 21.7. The van der Waals surface area contributed by atoms with Gasteiger partial charge in [0.25, 0.3) is 0 Å². The second-order valence-electron chi connectivity index (χ2n) is 9.61. The van der Waals surface area contributed by atoms with E-state index in [0.717, 1.165) is 30.6 Å². The minimum atomic E-state index is -0.749. The van der Waals surface area contributed by atoms with Crippen LogP contribution in [-0.4, -0.2) is 33.0 Å². The van der Waals surface area contributed by atoms with Crippen molar-refractivity contribution in [3.63, 3.8) is 0 Å². The fourth-order valence-electron chi connectivity index (χ4n) is 5.58. The maximum atomic E-state index is 14.7. The summed E-state index contributed by atoms with van der Waals surface area (Å²) in [6.45, 7) is 1.69. The van der Waals surface area contributed by atoms with E-state index in [1.54, 1.807) is 30.9 Å². The first-order chi connectivity index (χ1) is 15.6. The van der Waals surface area contributed by atoms with Crippen molar-refractivity contribution < 1.29 is 8.78 Å². The van der Waals surface area contributed by atoms with Crippen molar-refractivity contribution in [2.24, 2.45) is 5.41 Å². The Balaban J connectivity index is 1.19. The molecule has 1 aromatic carbocycles. The normalized spacial score (nSPS) is 23.8. The molecule has 164 valence electrons. The fourth-order valence-corrected chi connectivity index (χ4v) is 5.58. The average Bonchev–Trinajstić information content (AvgIpc) is 3.62. The molecule has 2 aromatic heterocycles. The lowest BCUT2D eigenvalue weighted by molar-refractivity contribution is 0.138. The molecule has 1 aliphatic heterocycles. The van der Waals surface area contributed by atoms with E-state index in [4.69, 9.17) is 0 Å². The zero-order valence-electron chi connectivity index (χ0n) is 17.8. The summed E-state index contributed by atoms with van der Waals surface area (Å²) in [6.07, 6.45) is 14.0. The maximum absolute atomic E-state index is 14.7. The molecule has 3 aromatic rings. The first-order valence-electron chi connectivity index (χ1n) is 11.5. The molecule has 1 saturated heterocycles. The van der Waals surface area contributed by atoms with E-state index in [0.29, 0.717) is 22.8 Å². The minimum Gasteiger partial charge on any atom is -0.368 e. The number of hydrogen-bond donors (Lipinski definition) is 0. The van der Waals surface area contributed by atoms with Crippen molar-refractivity contribution in [2.45, 2.75) is 50.4 Å². The first-order valence-corrected chi connectivity index (χ1v) is 11.5. The summed E-state index contributed by atoms with van der Waals surface area (Å²) in [4.78, 5) is 19.2. The highest BCUT2D eigenvalue weighted by Gasteiger charge is 2.45. The Morgan fingerprint density at radius 3 is 2.19 bits per heavy atom. The molecule has 5 nitrogen and oxygen atoms in total. The minimum absolute atomic E-state index is 0.163. The molecule has 3 heterocycles. The van der Waals surface area contributed by atoms with Crippen LogP contribution in [0.2, 0.25) is 0 Å². The van der Waals surface area contributed by atoms with Crippen LogP contribution < -0.4 is 4.90 Å². The number of benzene rings is 1. The third kappa shape index (κ3) is 3.44. The van der Waals surface area contributed by atoms with Gasteiger partial charge in [-0.1, -0.05) is 19.3 Å². The van der Waals surface area contributed by atoms with Gasteiger partial charge in [0, 0.05) is 43.3 Å². The second-order valence-corrected chi connectivity index (χ2v) is 9.61. The molecule has 2 saturated carbocycles. The molecule has 2 unspecified atom stereocenters. The molecule has 2 atom stereocenters. The van der Waals surface area contributed by atoms with Crippen molar-refractivity contribution in [1.82, 2.24) is 19.9 Å².